The Morgan fingerprint density at radius 3 is 2.41 bits per heavy atom. The molecular weight excluding hydrogens is 460 g/mol. The number of carbonyl (C=O) groups is 2. The standard InChI is InChI=1S/C32H38N2O3/c1-31-18-7-10-26(31)24-15-16-28-32(2,27(24)17-19-31)20-25(30(36)34(28)3)29(35)33-21-11-13-23(14-12-21)37-22-8-5-4-6-9-22/h4-6,8-9,11-14,20,24,26-28H,7,10,15-19H2,1-3H3,(H,33,35)/t24-,26-,27+,28?,31-,32+/m0/s1. The average molecular weight is 499 g/mol. The van der Waals surface area contributed by atoms with E-state index in [1.807, 2.05) is 66.5 Å². The zero-order valence-electron chi connectivity index (χ0n) is 22.2. The molecule has 1 unspecified atom stereocenters. The maximum absolute atomic E-state index is 13.5. The Labute approximate surface area is 220 Å². The Hall–Kier alpha value is -3.08. The summed E-state index contributed by atoms with van der Waals surface area (Å²) in [4.78, 5) is 28.7. The molecule has 5 heteroatoms. The largest absolute Gasteiger partial charge is 0.457 e. The van der Waals surface area contributed by atoms with Crippen LogP contribution in [0.25, 0.3) is 0 Å². The SMILES string of the molecule is CN1C(=O)C(C(=O)Nc2ccc(Oc3ccccc3)cc2)=C[C@@]2(C)C1CC[C@@H]1[C@H]2CC[C@]2(C)CCC[C@@H]12. The number of likely N-dealkylation sites (N-methyl/N-ethyl adjacent to an activating group) is 1. The van der Waals surface area contributed by atoms with Crippen LogP contribution >= 0.6 is 0 Å². The second-order valence-corrected chi connectivity index (χ2v) is 12.3. The van der Waals surface area contributed by atoms with E-state index >= 15 is 0 Å². The lowest BCUT2D eigenvalue weighted by atomic mass is 9.48. The van der Waals surface area contributed by atoms with Gasteiger partial charge in [0.05, 0.1) is 0 Å². The van der Waals surface area contributed by atoms with Gasteiger partial charge in [-0.1, -0.05) is 44.5 Å². The minimum absolute atomic E-state index is 0.163. The van der Waals surface area contributed by atoms with Crippen LogP contribution in [0.15, 0.2) is 66.2 Å². The number of ether oxygens (including phenoxy) is 1. The predicted octanol–water partition coefficient (Wildman–Crippen LogP) is 6.82. The molecular formula is C32H38N2O3. The smallest absolute Gasteiger partial charge is 0.260 e. The van der Waals surface area contributed by atoms with Crippen LogP contribution < -0.4 is 10.1 Å². The average Bonchev–Trinajstić information content (AvgIpc) is 3.30. The first-order valence-electron chi connectivity index (χ1n) is 13.9. The number of carbonyl (C=O) groups excluding carboxylic acids is 2. The third kappa shape index (κ3) is 4.07. The molecule has 0 saturated heterocycles. The maximum Gasteiger partial charge on any atom is 0.260 e. The number of amides is 2. The summed E-state index contributed by atoms with van der Waals surface area (Å²) in [5.41, 5.74) is 1.25. The predicted molar refractivity (Wildman–Crippen MR) is 145 cm³/mol. The number of anilines is 1. The molecule has 6 atom stereocenters. The van der Waals surface area contributed by atoms with E-state index in [4.69, 9.17) is 4.74 Å². The van der Waals surface area contributed by atoms with Gasteiger partial charge in [-0.2, -0.15) is 0 Å². The molecule has 3 saturated carbocycles. The molecule has 1 N–H and O–H groups in total. The molecule has 37 heavy (non-hydrogen) atoms. The number of nitrogens with one attached hydrogen (secondary N) is 1. The van der Waals surface area contributed by atoms with Gasteiger partial charge in [-0.15, -0.1) is 0 Å². The van der Waals surface area contributed by atoms with Gasteiger partial charge in [0, 0.05) is 24.2 Å². The molecule has 0 radical (unpaired) electrons. The normalized spacial score (nSPS) is 34.6. The number of fused-ring (bicyclic) bond motifs is 5. The molecule has 4 aliphatic rings. The molecule has 3 aliphatic carbocycles. The highest BCUT2D eigenvalue weighted by Crippen LogP contribution is 2.64. The molecule has 6 rings (SSSR count). The molecule has 0 aromatic heterocycles. The molecule has 3 fully saturated rings. The second kappa shape index (κ2) is 9.04. The second-order valence-electron chi connectivity index (χ2n) is 12.3. The molecule has 1 aliphatic heterocycles. The third-order valence-corrected chi connectivity index (χ3v) is 10.3. The van der Waals surface area contributed by atoms with E-state index in [1.165, 1.54) is 38.5 Å². The van der Waals surface area contributed by atoms with Gasteiger partial charge in [0.25, 0.3) is 11.8 Å². The Kier molecular flexibility index (Phi) is 5.93. The number of rotatable bonds is 4. The summed E-state index contributed by atoms with van der Waals surface area (Å²) >= 11 is 0. The van der Waals surface area contributed by atoms with Gasteiger partial charge in [-0.05, 0) is 98.1 Å². The highest BCUT2D eigenvalue weighted by atomic mass is 16.5. The van der Waals surface area contributed by atoms with Crippen molar-refractivity contribution in [1.29, 1.82) is 0 Å². The van der Waals surface area contributed by atoms with Crippen molar-refractivity contribution in [2.45, 2.75) is 64.8 Å². The summed E-state index contributed by atoms with van der Waals surface area (Å²) in [6.45, 7) is 4.83. The van der Waals surface area contributed by atoms with Gasteiger partial charge < -0.3 is 15.0 Å². The van der Waals surface area contributed by atoms with Gasteiger partial charge in [-0.25, -0.2) is 0 Å². The third-order valence-electron chi connectivity index (χ3n) is 10.3. The molecule has 2 aromatic carbocycles. The zero-order valence-corrected chi connectivity index (χ0v) is 22.2. The van der Waals surface area contributed by atoms with E-state index in [9.17, 15) is 9.59 Å². The van der Waals surface area contributed by atoms with Crippen molar-refractivity contribution >= 4 is 17.5 Å². The van der Waals surface area contributed by atoms with E-state index < -0.39 is 0 Å². The van der Waals surface area contributed by atoms with E-state index in [0.717, 1.165) is 18.1 Å². The van der Waals surface area contributed by atoms with E-state index in [0.29, 0.717) is 28.7 Å². The lowest BCUT2D eigenvalue weighted by molar-refractivity contribution is -0.141. The molecule has 2 aromatic rings. The van der Waals surface area contributed by atoms with Crippen molar-refractivity contribution in [3.8, 4) is 11.5 Å². The van der Waals surface area contributed by atoms with Gasteiger partial charge in [0.1, 0.15) is 17.1 Å². The Bertz CT molecular complexity index is 1220. The van der Waals surface area contributed by atoms with Gasteiger partial charge in [0.15, 0.2) is 0 Å². The Morgan fingerprint density at radius 1 is 0.919 bits per heavy atom. The lowest BCUT2D eigenvalue weighted by Crippen LogP contribution is -2.60. The van der Waals surface area contributed by atoms with Gasteiger partial charge in [0.2, 0.25) is 0 Å². The summed E-state index contributed by atoms with van der Waals surface area (Å²) in [6.07, 6.45) is 10.8. The molecule has 1 heterocycles. The number of nitrogens with zero attached hydrogens (tertiary/aromatic N) is 1. The Balaban J connectivity index is 1.23. The van der Waals surface area contributed by atoms with Crippen LogP contribution in [-0.2, 0) is 9.59 Å². The topological polar surface area (TPSA) is 58.6 Å². The molecule has 194 valence electrons. The molecule has 2 amide bonds. The minimum Gasteiger partial charge on any atom is -0.457 e. The summed E-state index contributed by atoms with van der Waals surface area (Å²) < 4.78 is 5.86. The van der Waals surface area contributed by atoms with Crippen LogP contribution in [0, 0.1) is 28.6 Å². The summed E-state index contributed by atoms with van der Waals surface area (Å²) in [5.74, 6) is 2.97. The number of hydrogen-bond donors (Lipinski definition) is 1. The quantitative estimate of drug-likeness (QED) is 0.471. The van der Waals surface area contributed by atoms with Crippen LogP contribution in [0.5, 0.6) is 11.5 Å². The lowest BCUT2D eigenvalue weighted by Gasteiger charge is -2.60. The van der Waals surface area contributed by atoms with Gasteiger partial charge >= 0.3 is 0 Å². The van der Waals surface area contributed by atoms with E-state index in [2.05, 4.69) is 25.2 Å². The fourth-order valence-corrected chi connectivity index (χ4v) is 8.47. The fraction of sp³-hybridized carbons (Fsp3) is 0.500. The first-order chi connectivity index (χ1) is 17.8. The van der Waals surface area contributed by atoms with Crippen LogP contribution in [-0.4, -0.2) is 29.8 Å². The first kappa shape index (κ1) is 24.3. The van der Waals surface area contributed by atoms with Crippen LogP contribution in [0.2, 0.25) is 0 Å². The minimum atomic E-state index is -0.322. The van der Waals surface area contributed by atoms with Crippen LogP contribution in [0.4, 0.5) is 5.69 Å². The van der Waals surface area contributed by atoms with Crippen molar-refractivity contribution in [2.75, 3.05) is 12.4 Å². The first-order valence-corrected chi connectivity index (χ1v) is 13.9. The number of para-hydroxylation sites is 1. The van der Waals surface area contributed by atoms with Gasteiger partial charge in [-0.3, -0.25) is 9.59 Å². The number of benzene rings is 2. The van der Waals surface area contributed by atoms with Crippen molar-refractivity contribution in [2.24, 2.45) is 28.6 Å². The van der Waals surface area contributed by atoms with Crippen molar-refractivity contribution in [1.82, 2.24) is 4.90 Å². The maximum atomic E-state index is 13.5. The summed E-state index contributed by atoms with van der Waals surface area (Å²) in [6, 6.07) is 17.1. The van der Waals surface area contributed by atoms with Crippen LogP contribution in [0.1, 0.15) is 58.8 Å². The highest BCUT2D eigenvalue weighted by Gasteiger charge is 2.59. The zero-order chi connectivity index (χ0) is 25.8. The summed E-state index contributed by atoms with van der Waals surface area (Å²) in [5, 5.41) is 2.97. The van der Waals surface area contributed by atoms with E-state index in [1.54, 1.807) is 0 Å². The molecule has 5 nitrogen and oxygen atoms in total. The fourth-order valence-electron chi connectivity index (χ4n) is 8.47. The molecule has 0 spiro atoms. The van der Waals surface area contributed by atoms with Crippen molar-refractivity contribution in [3.63, 3.8) is 0 Å². The van der Waals surface area contributed by atoms with Crippen LogP contribution in [0.3, 0.4) is 0 Å². The Morgan fingerprint density at radius 2 is 1.65 bits per heavy atom. The van der Waals surface area contributed by atoms with Crippen molar-refractivity contribution in [3.05, 3.63) is 66.2 Å². The monoisotopic (exact) mass is 498 g/mol. The van der Waals surface area contributed by atoms with E-state index in [-0.39, 0.29) is 28.8 Å². The molecule has 0 bridgehead atoms. The van der Waals surface area contributed by atoms with Crippen molar-refractivity contribution < 1.29 is 14.3 Å². The summed E-state index contributed by atoms with van der Waals surface area (Å²) in [7, 11) is 1.89. The number of hydrogen-bond acceptors (Lipinski definition) is 3. The highest BCUT2D eigenvalue weighted by molar-refractivity contribution is 6.23.